The van der Waals surface area contributed by atoms with Gasteiger partial charge in [-0.25, -0.2) is 9.67 Å². The molecule has 9 nitrogen and oxygen atoms in total. The predicted molar refractivity (Wildman–Crippen MR) is 120 cm³/mol. The number of aryl methyl sites for hydroxylation is 3. The van der Waals surface area contributed by atoms with Gasteiger partial charge >= 0.3 is 0 Å². The molecule has 0 fully saturated rings. The van der Waals surface area contributed by atoms with Crippen molar-refractivity contribution in [2.24, 2.45) is 0 Å². The summed E-state index contributed by atoms with van der Waals surface area (Å²) in [5.74, 6) is 1.05. The van der Waals surface area contributed by atoms with Gasteiger partial charge in [0, 0.05) is 17.3 Å². The maximum atomic E-state index is 13.4. The van der Waals surface area contributed by atoms with Crippen LogP contribution in [0.5, 0.6) is 11.5 Å². The summed E-state index contributed by atoms with van der Waals surface area (Å²) in [6, 6.07) is 7.04. The van der Waals surface area contributed by atoms with E-state index >= 15 is 0 Å². The van der Waals surface area contributed by atoms with Crippen molar-refractivity contribution in [2.75, 3.05) is 19.5 Å². The third kappa shape index (κ3) is 4.10. The van der Waals surface area contributed by atoms with Crippen molar-refractivity contribution in [1.29, 1.82) is 0 Å². The minimum absolute atomic E-state index is 0.190. The highest BCUT2D eigenvalue weighted by atomic mass is 16.5. The van der Waals surface area contributed by atoms with E-state index in [-0.39, 0.29) is 18.0 Å². The van der Waals surface area contributed by atoms with Crippen LogP contribution in [0.15, 0.2) is 29.1 Å². The summed E-state index contributed by atoms with van der Waals surface area (Å²) in [6.07, 6.45) is 3.36. The summed E-state index contributed by atoms with van der Waals surface area (Å²) in [4.78, 5) is 31.2. The smallest absolute Gasteiger partial charge is 0.258 e. The number of carbonyl (C=O) groups excluding carboxylic acids is 1. The standard InChI is InChI=1S/C23H27N5O4/c1-14-11-15(2)28(26-14)23-25-18-8-6-5-7-17(18)22(30)27(23)13-21(29)24-19-12-16(31-3)9-10-20(19)32-4/h9-12H,5-8,13H2,1-4H3,(H,24,29). The minimum atomic E-state index is -0.376. The summed E-state index contributed by atoms with van der Waals surface area (Å²) < 4.78 is 13.6. The van der Waals surface area contributed by atoms with E-state index in [1.807, 2.05) is 19.9 Å². The largest absolute Gasteiger partial charge is 0.497 e. The lowest BCUT2D eigenvalue weighted by atomic mass is 9.97. The fourth-order valence-electron chi connectivity index (χ4n) is 4.06. The van der Waals surface area contributed by atoms with Gasteiger partial charge in [-0.05, 0) is 57.7 Å². The Hall–Kier alpha value is -3.62. The Bertz CT molecular complexity index is 1230. The summed E-state index contributed by atoms with van der Waals surface area (Å²) in [6.45, 7) is 3.58. The summed E-state index contributed by atoms with van der Waals surface area (Å²) >= 11 is 0. The molecule has 1 aliphatic carbocycles. The third-order valence-corrected chi connectivity index (χ3v) is 5.60. The maximum Gasteiger partial charge on any atom is 0.258 e. The molecule has 0 radical (unpaired) electrons. The van der Waals surface area contributed by atoms with E-state index < -0.39 is 0 Å². The van der Waals surface area contributed by atoms with E-state index in [1.54, 1.807) is 30.0 Å². The van der Waals surface area contributed by atoms with Gasteiger partial charge in [0.2, 0.25) is 11.9 Å². The normalized spacial score (nSPS) is 12.9. The second kappa shape index (κ2) is 8.86. The van der Waals surface area contributed by atoms with Gasteiger partial charge < -0.3 is 14.8 Å². The Balaban J connectivity index is 1.74. The lowest BCUT2D eigenvalue weighted by Gasteiger charge is -2.20. The van der Waals surface area contributed by atoms with Crippen LogP contribution in [-0.2, 0) is 24.2 Å². The summed E-state index contributed by atoms with van der Waals surface area (Å²) in [7, 11) is 3.07. The van der Waals surface area contributed by atoms with E-state index in [4.69, 9.17) is 14.5 Å². The molecule has 9 heteroatoms. The van der Waals surface area contributed by atoms with Gasteiger partial charge in [-0.3, -0.25) is 14.2 Å². The van der Waals surface area contributed by atoms with Crippen LogP contribution in [0.1, 0.15) is 35.5 Å². The van der Waals surface area contributed by atoms with Crippen molar-refractivity contribution in [3.05, 3.63) is 57.3 Å². The number of ether oxygens (including phenoxy) is 2. The number of aromatic nitrogens is 4. The number of fused-ring (bicyclic) bond motifs is 1. The van der Waals surface area contributed by atoms with Gasteiger partial charge in [0.15, 0.2) is 0 Å². The van der Waals surface area contributed by atoms with E-state index in [2.05, 4.69) is 10.4 Å². The Morgan fingerprint density at radius 2 is 1.91 bits per heavy atom. The monoisotopic (exact) mass is 437 g/mol. The van der Waals surface area contributed by atoms with Gasteiger partial charge in [0.1, 0.15) is 18.0 Å². The van der Waals surface area contributed by atoms with Gasteiger partial charge in [0.25, 0.3) is 5.56 Å². The number of rotatable bonds is 6. The fourth-order valence-corrected chi connectivity index (χ4v) is 4.06. The van der Waals surface area contributed by atoms with Crippen molar-refractivity contribution in [3.8, 4) is 17.4 Å². The maximum absolute atomic E-state index is 13.4. The second-order valence-electron chi connectivity index (χ2n) is 7.89. The molecular formula is C23H27N5O4. The van der Waals surface area contributed by atoms with Crippen molar-refractivity contribution < 1.29 is 14.3 Å². The molecule has 1 aliphatic rings. The first-order chi connectivity index (χ1) is 15.4. The van der Waals surface area contributed by atoms with E-state index in [0.29, 0.717) is 35.1 Å². The Labute approximate surface area is 186 Å². The van der Waals surface area contributed by atoms with Crippen molar-refractivity contribution in [3.63, 3.8) is 0 Å². The zero-order valence-electron chi connectivity index (χ0n) is 18.8. The highest BCUT2D eigenvalue weighted by Crippen LogP contribution is 2.29. The first-order valence-electron chi connectivity index (χ1n) is 10.6. The molecule has 1 amide bonds. The SMILES string of the molecule is COc1ccc(OC)c(NC(=O)Cn2c(-n3nc(C)cc3C)nc3c(c2=O)CCCC3)c1. The van der Waals surface area contributed by atoms with Crippen LogP contribution in [0.25, 0.3) is 5.95 Å². The highest BCUT2D eigenvalue weighted by molar-refractivity contribution is 5.92. The molecule has 0 saturated carbocycles. The minimum Gasteiger partial charge on any atom is -0.497 e. The van der Waals surface area contributed by atoms with Gasteiger partial charge in [-0.1, -0.05) is 0 Å². The van der Waals surface area contributed by atoms with Crippen LogP contribution in [0.2, 0.25) is 0 Å². The fraction of sp³-hybridized carbons (Fsp3) is 0.391. The van der Waals surface area contributed by atoms with E-state index in [9.17, 15) is 9.59 Å². The Kier molecular flexibility index (Phi) is 5.98. The highest BCUT2D eigenvalue weighted by Gasteiger charge is 2.23. The van der Waals surface area contributed by atoms with Crippen molar-refractivity contribution in [2.45, 2.75) is 46.1 Å². The number of carbonyl (C=O) groups is 1. The Morgan fingerprint density at radius 3 is 2.59 bits per heavy atom. The van der Waals surface area contributed by atoms with Crippen molar-refractivity contribution in [1.82, 2.24) is 19.3 Å². The number of anilines is 1. The van der Waals surface area contributed by atoms with E-state index in [0.717, 1.165) is 36.3 Å². The number of benzene rings is 1. The lowest BCUT2D eigenvalue weighted by molar-refractivity contribution is -0.116. The molecule has 0 aliphatic heterocycles. The van der Waals surface area contributed by atoms with Crippen LogP contribution < -0.4 is 20.3 Å². The molecule has 2 heterocycles. The van der Waals surface area contributed by atoms with Crippen LogP contribution in [0.4, 0.5) is 5.69 Å². The molecule has 3 aromatic rings. The zero-order chi connectivity index (χ0) is 22.8. The Morgan fingerprint density at radius 1 is 1.12 bits per heavy atom. The first kappa shape index (κ1) is 21.6. The van der Waals surface area contributed by atoms with Crippen LogP contribution in [-0.4, -0.2) is 39.5 Å². The van der Waals surface area contributed by atoms with Crippen LogP contribution in [0, 0.1) is 13.8 Å². The summed E-state index contributed by atoms with van der Waals surface area (Å²) in [5.41, 5.74) is 3.41. The van der Waals surface area contributed by atoms with Gasteiger partial charge in [-0.15, -0.1) is 0 Å². The molecule has 0 bridgehead atoms. The number of nitrogens with one attached hydrogen (secondary N) is 1. The average molecular weight is 438 g/mol. The van der Waals surface area contributed by atoms with E-state index in [1.165, 1.54) is 11.7 Å². The molecule has 168 valence electrons. The number of amides is 1. The molecule has 2 aromatic heterocycles. The quantitative estimate of drug-likeness (QED) is 0.636. The summed E-state index contributed by atoms with van der Waals surface area (Å²) in [5, 5.41) is 7.33. The molecule has 0 atom stereocenters. The molecule has 1 N–H and O–H groups in total. The molecule has 0 unspecified atom stereocenters. The number of nitrogens with zero attached hydrogens (tertiary/aromatic N) is 4. The molecular weight excluding hydrogens is 410 g/mol. The zero-order valence-corrected chi connectivity index (χ0v) is 18.8. The number of hydrogen-bond acceptors (Lipinski definition) is 6. The molecule has 4 rings (SSSR count). The van der Waals surface area contributed by atoms with Gasteiger partial charge in [-0.2, -0.15) is 5.10 Å². The lowest BCUT2D eigenvalue weighted by Crippen LogP contribution is -2.36. The third-order valence-electron chi connectivity index (χ3n) is 5.60. The van der Waals surface area contributed by atoms with Crippen LogP contribution in [0.3, 0.4) is 0 Å². The van der Waals surface area contributed by atoms with Crippen LogP contribution >= 0.6 is 0 Å². The average Bonchev–Trinajstić information content (AvgIpc) is 3.13. The second-order valence-corrected chi connectivity index (χ2v) is 7.89. The molecule has 32 heavy (non-hydrogen) atoms. The predicted octanol–water partition coefficient (Wildman–Crippen LogP) is 2.58. The molecule has 1 aromatic carbocycles. The molecule has 0 spiro atoms. The number of methoxy groups -OCH3 is 2. The number of hydrogen-bond donors (Lipinski definition) is 1. The van der Waals surface area contributed by atoms with Gasteiger partial charge in [0.05, 0.1) is 31.3 Å². The topological polar surface area (TPSA) is 100 Å². The van der Waals surface area contributed by atoms with Crippen molar-refractivity contribution >= 4 is 11.6 Å². The molecule has 0 saturated heterocycles. The first-order valence-corrected chi connectivity index (χ1v) is 10.6.